The maximum absolute atomic E-state index is 11.8. The van der Waals surface area contributed by atoms with E-state index in [9.17, 15) is 4.79 Å². The molecule has 2 N–H and O–H groups in total. The molecule has 2 rings (SSSR count). The number of amides is 2. The Balaban J connectivity index is 1.88. The molecule has 98 valence electrons. The summed E-state index contributed by atoms with van der Waals surface area (Å²) in [5.41, 5.74) is 3.10. The summed E-state index contributed by atoms with van der Waals surface area (Å²) >= 11 is 2.23. The van der Waals surface area contributed by atoms with Crippen molar-refractivity contribution >= 4 is 34.3 Å². The molecule has 0 atom stereocenters. The molecule has 0 radical (unpaired) electrons. The Bertz CT molecular complexity index is 567. The average Bonchev–Trinajstić information content (AvgIpc) is 2.40. The van der Waals surface area contributed by atoms with E-state index in [-0.39, 0.29) is 6.03 Å². The number of rotatable bonds is 3. The zero-order valence-corrected chi connectivity index (χ0v) is 12.8. The third kappa shape index (κ3) is 4.24. The van der Waals surface area contributed by atoms with E-state index >= 15 is 0 Å². The third-order valence-corrected chi connectivity index (χ3v) is 3.52. The van der Waals surface area contributed by atoms with Crippen LogP contribution in [0.1, 0.15) is 11.1 Å². The number of carbonyl (C=O) groups is 1. The molecule has 0 spiro atoms. The number of aryl methyl sites for hydroxylation is 1. The highest BCUT2D eigenvalue weighted by Gasteiger charge is 2.02. The summed E-state index contributed by atoms with van der Waals surface area (Å²) in [6, 6.07) is 15.5. The molecule has 4 heteroatoms. The molecule has 2 aromatic rings. The van der Waals surface area contributed by atoms with Crippen LogP contribution in [0, 0.1) is 10.5 Å². The molecule has 0 unspecified atom stereocenters. The Hall–Kier alpha value is -1.56. The number of hydrogen-bond acceptors (Lipinski definition) is 1. The molecule has 2 aromatic carbocycles. The Morgan fingerprint density at radius 2 is 1.79 bits per heavy atom. The summed E-state index contributed by atoms with van der Waals surface area (Å²) in [5, 5.41) is 5.66. The van der Waals surface area contributed by atoms with Gasteiger partial charge < -0.3 is 10.6 Å². The van der Waals surface area contributed by atoms with Crippen molar-refractivity contribution in [1.82, 2.24) is 5.32 Å². The summed E-state index contributed by atoms with van der Waals surface area (Å²) in [6.45, 7) is 2.57. The lowest BCUT2D eigenvalue weighted by molar-refractivity contribution is 0.251. The van der Waals surface area contributed by atoms with E-state index in [4.69, 9.17) is 0 Å². The number of nitrogens with one attached hydrogen (secondary N) is 2. The van der Waals surface area contributed by atoms with Gasteiger partial charge in [0.2, 0.25) is 0 Å². The fraction of sp³-hybridized carbons (Fsp3) is 0.133. The van der Waals surface area contributed by atoms with Gasteiger partial charge in [-0.1, -0.05) is 24.3 Å². The van der Waals surface area contributed by atoms with Gasteiger partial charge >= 0.3 is 6.03 Å². The quantitative estimate of drug-likeness (QED) is 0.795. The fourth-order valence-electron chi connectivity index (χ4n) is 1.69. The van der Waals surface area contributed by atoms with Crippen molar-refractivity contribution in [2.75, 3.05) is 5.32 Å². The lowest BCUT2D eigenvalue weighted by Crippen LogP contribution is -2.28. The molecule has 0 saturated carbocycles. The monoisotopic (exact) mass is 366 g/mol. The highest BCUT2D eigenvalue weighted by atomic mass is 127. The largest absolute Gasteiger partial charge is 0.334 e. The van der Waals surface area contributed by atoms with Crippen molar-refractivity contribution in [1.29, 1.82) is 0 Å². The maximum Gasteiger partial charge on any atom is 0.319 e. The van der Waals surface area contributed by atoms with E-state index in [0.29, 0.717) is 6.54 Å². The van der Waals surface area contributed by atoms with Gasteiger partial charge in [-0.05, 0) is 64.9 Å². The molecule has 2 amide bonds. The van der Waals surface area contributed by atoms with E-state index in [2.05, 4.69) is 33.2 Å². The number of halogens is 1. The van der Waals surface area contributed by atoms with E-state index in [1.807, 2.05) is 55.5 Å². The van der Waals surface area contributed by atoms with Crippen molar-refractivity contribution in [3.63, 3.8) is 0 Å². The van der Waals surface area contributed by atoms with Gasteiger partial charge in [0.15, 0.2) is 0 Å². The lowest BCUT2D eigenvalue weighted by Gasteiger charge is -2.09. The number of carbonyl (C=O) groups excluding carboxylic acids is 1. The Morgan fingerprint density at radius 1 is 1.11 bits per heavy atom. The van der Waals surface area contributed by atoms with Crippen LogP contribution in [0.4, 0.5) is 10.5 Å². The molecule has 0 aliphatic carbocycles. The van der Waals surface area contributed by atoms with E-state index < -0.39 is 0 Å². The standard InChI is InChI=1S/C15H15IN2O/c1-11-4-2-3-5-12(11)10-17-15(19)18-14-8-6-13(16)7-9-14/h2-9H,10H2,1H3,(H2,17,18,19). The van der Waals surface area contributed by atoms with Gasteiger partial charge in [-0.25, -0.2) is 4.79 Å². The van der Waals surface area contributed by atoms with Crippen LogP contribution in [0.3, 0.4) is 0 Å². The molecule has 3 nitrogen and oxygen atoms in total. The molecular formula is C15H15IN2O. The summed E-state index contributed by atoms with van der Waals surface area (Å²) in [6.07, 6.45) is 0. The minimum atomic E-state index is -0.190. The lowest BCUT2D eigenvalue weighted by atomic mass is 10.1. The number of hydrogen-bond donors (Lipinski definition) is 2. The highest BCUT2D eigenvalue weighted by Crippen LogP contribution is 2.11. The zero-order chi connectivity index (χ0) is 13.7. The van der Waals surface area contributed by atoms with Crippen LogP contribution in [0.5, 0.6) is 0 Å². The van der Waals surface area contributed by atoms with Crippen molar-refractivity contribution in [2.45, 2.75) is 13.5 Å². The average molecular weight is 366 g/mol. The SMILES string of the molecule is Cc1ccccc1CNC(=O)Nc1ccc(I)cc1. The van der Waals surface area contributed by atoms with Crippen molar-refractivity contribution in [3.05, 3.63) is 63.2 Å². The van der Waals surface area contributed by atoms with Crippen molar-refractivity contribution in [2.24, 2.45) is 0 Å². The van der Waals surface area contributed by atoms with E-state index in [1.54, 1.807) is 0 Å². The molecule has 0 saturated heterocycles. The second-order valence-electron chi connectivity index (χ2n) is 4.24. The second-order valence-corrected chi connectivity index (χ2v) is 5.49. The molecule has 0 fully saturated rings. The van der Waals surface area contributed by atoms with Gasteiger partial charge in [-0.15, -0.1) is 0 Å². The van der Waals surface area contributed by atoms with Gasteiger partial charge in [-0.2, -0.15) is 0 Å². The molecule has 0 heterocycles. The topological polar surface area (TPSA) is 41.1 Å². The van der Waals surface area contributed by atoms with Gasteiger partial charge in [0.25, 0.3) is 0 Å². The Labute approximate surface area is 126 Å². The highest BCUT2D eigenvalue weighted by molar-refractivity contribution is 14.1. The van der Waals surface area contributed by atoms with Gasteiger partial charge in [0, 0.05) is 15.8 Å². The van der Waals surface area contributed by atoms with Crippen molar-refractivity contribution in [3.8, 4) is 0 Å². The Morgan fingerprint density at radius 3 is 2.47 bits per heavy atom. The van der Waals surface area contributed by atoms with Gasteiger partial charge in [0.05, 0.1) is 0 Å². The summed E-state index contributed by atoms with van der Waals surface area (Å²) < 4.78 is 1.14. The normalized spacial score (nSPS) is 10.0. The maximum atomic E-state index is 11.8. The third-order valence-electron chi connectivity index (χ3n) is 2.80. The number of anilines is 1. The minimum Gasteiger partial charge on any atom is -0.334 e. The van der Waals surface area contributed by atoms with E-state index in [0.717, 1.165) is 14.8 Å². The molecule has 0 aromatic heterocycles. The smallest absolute Gasteiger partial charge is 0.319 e. The van der Waals surface area contributed by atoms with Crippen molar-refractivity contribution < 1.29 is 4.79 Å². The summed E-state index contributed by atoms with van der Waals surface area (Å²) in [4.78, 5) is 11.8. The molecule has 0 bridgehead atoms. The van der Waals surface area contributed by atoms with Gasteiger partial charge in [-0.3, -0.25) is 0 Å². The summed E-state index contributed by atoms with van der Waals surface area (Å²) in [5.74, 6) is 0. The van der Waals surface area contributed by atoms with Crippen LogP contribution < -0.4 is 10.6 Å². The molecular weight excluding hydrogens is 351 g/mol. The fourth-order valence-corrected chi connectivity index (χ4v) is 2.05. The van der Waals surface area contributed by atoms with Crippen LogP contribution in [-0.2, 0) is 6.54 Å². The van der Waals surface area contributed by atoms with Crippen LogP contribution in [0.2, 0.25) is 0 Å². The number of benzene rings is 2. The Kier molecular flexibility index (Phi) is 4.79. The first kappa shape index (κ1) is 13.9. The van der Waals surface area contributed by atoms with Gasteiger partial charge in [0.1, 0.15) is 0 Å². The van der Waals surface area contributed by atoms with Crippen LogP contribution in [0.15, 0.2) is 48.5 Å². The molecule has 0 aliphatic rings. The predicted molar refractivity (Wildman–Crippen MR) is 86.2 cm³/mol. The molecule has 0 aliphatic heterocycles. The first-order chi connectivity index (χ1) is 9.15. The van der Waals surface area contributed by atoms with E-state index in [1.165, 1.54) is 5.56 Å². The zero-order valence-electron chi connectivity index (χ0n) is 10.6. The number of urea groups is 1. The second kappa shape index (κ2) is 6.56. The minimum absolute atomic E-state index is 0.190. The van der Waals surface area contributed by atoms with Crippen LogP contribution in [0.25, 0.3) is 0 Å². The first-order valence-electron chi connectivity index (χ1n) is 6.00. The van der Waals surface area contributed by atoms with Crippen LogP contribution >= 0.6 is 22.6 Å². The molecule has 19 heavy (non-hydrogen) atoms. The predicted octanol–water partition coefficient (Wildman–Crippen LogP) is 3.92. The van der Waals surface area contributed by atoms with Crippen LogP contribution in [-0.4, -0.2) is 6.03 Å². The summed E-state index contributed by atoms with van der Waals surface area (Å²) in [7, 11) is 0. The first-order valence-corrected chi connectivity index (χ1v) is 7.08.